The third-order valence-corrected chi connectivity index (χ3v) is 3.56. The molecule has 0 atom stereocenters. The number of hydrogen-bond donors (Lipinski definition) is 0. The molecule has 0 saturated heterocycles. The molecule has 2 rings (SSSR count). The summed E-state index contributed by atoms with van der Waals surface area (Å²) in [7, 11) is 0. The molecule has 2 aromatic rings. The van der Waals surface area contributed by atoms with E-state index >= 15 is 0 Å². The molecule has 1 aromatic heterocycles. The van der Waals surface area contributed by atoms with Gasteiger partial charge in [0.15, 0.2) is 5.82 Å². The van der Waals surface area contributed by atoms with Crippen LogP contribution < -0.4 is 4.90 Å². The lowest BCUT2D eigenvalue weighted by Crippen LogP contribution is -2.30. The SMILES string of the molecule is CCCCc1noc(CN(c2ccc(C)cc2)C(C)C)n1. The molecular weight excluding hydrogens is 262 g/mol. The molecule has 0 N–H and O–H groups in total. The summed E-state index contributed by atoms with van der Waals surface area (Å²) in [6.45, 7) is 9.27. The van der Waals surface area contributed by atoms with E-state index in [-0.39, 0.29) is 0 Å². The highest BCUT2D eigenvalue weighted by atomic mass is 16.5. The molecular formula is C17H25N3O. The molecule has 0 amide bonds. The summed E-state index contributed by atoms with van der Waals surface area (Å²) in [5.41, 5.74) is 2.45. The van der Waals surface area contributed by atoms with Gasteiger partial charge in [0.1, 0.15) is 0 Å². The molecule has 21 heavy (non-hydrogen) atoms. The lowest BCUT2D eigenvalue weighted by atomic mass is 10.2. The van der Waals surface area contributed by atoms with E-state index in [1.165, 1.54) is 11.3 Å². The standard InChI is InChI=1S/C17H25N3O/c1-5-6-7-16-18-17(21-19-16)12-20(13(2)3)15-10-8-14(4)9-11-15/h8-11,13H,5-7,12H2,1-4H3. The number of nitrogens with zero attached hydrogens (tertiary/aromatic N) is 3. The highest BCUT2D eigenvalue weighted by molar-refractivity contribution is 5.48. The van der Waals surface area contributed by atoms with Gasteiger partial charge in [-0.3, -0.25) is 0 Å². The summed E-state index contributed by atoms with van der Waals surface area (Å²) in [6.07, 6.45) is 3.14. The Kier molecular flexibility index (Phi) is 5.37. The molecule has 0 radical (unpaired) electrons. The van der Waals surface area contributed by atoms with E-state index in [4.69, 9.17) is 4.52 Å². The van der Waals surface area contributed by atoms with Gasteiger partial charge < -0.3 is 9.42 Å². The van der Waals surface area contributed by atoms with Gasteiger partial charge in [0.25, 0.3) is 0 Å². The van der Waals surface area contributed by atoms with Crippen LogP contribution in [-0.2, 0) is 13.0 Å². The first-order chi connectivity index (χ1) is 10.1. The fraction of sp³-hybridized carbons (Fsp3) is 0.529. The zero-order valence-electron chi connectivity index (χ0n) is 13.5. The first kappa shape index (κ1) is 15.5. The van der Waals surface area contributed by atoms with Crippen molar-refractivity contribution >= 4 is 5.69 Å². The van der Waals surface area contributed by atoms with Crippen LogP contribution in [0.3, 0.4) is 0 Å². The highest BCUT2D eigenvalue weighted by Crippen LogP contribution is 2.20. The average Bonchev–Trinajstić information content (AvgIpc) is 2.91. The second kappa shape index (κ2) is 7.25. The minimum Gasteiger partial charge on any atom is -0.360 e. The number of aromatic nitrogens is 2. The molecule has 1 aromatic carbocycles. The van der Waals surface area contributed by atoms with Crippen molar-refractivity contribution in [3.63, 3.8) is 0 Å². The second-order valence-corrected chi connectivity index (χ2v) is 5.77. The normalized spacial score (nSPS) is 11.1. The lowest BCUT2D eigenvalue weighted by Gasteiger charge is -2.27. The van der Waals surface area contributed by atoms with Crippen molar-refractivity contribution in [2.75, 3.05) is 4.90 Å². The minimum absolute atomic E-state index is 0.374. The molecule has 4 nitrogen and oxygen atoms in total. The van der Waals surface area contributed by atoms with E-state index < -0.39 is 0 Å². The molecule has 0 bridgehead atoms. The van der Waals surface area contributed by atoms with Crippen molar-refractivity contribution in [2.24, 2.45) is 0 Å². The summed E-state index contributed by atoms with van der Waals surface area (Å²) in [5.74, 6) is 1.51. The van der Waals surface area contributed by atoms with Crippen LogP contribution in [0.2, 0.25) is 0 Å². The van der Waals surface area contributed by atoms with Gasteiger partial charge in [0.05, 0.1) is 6.54 Å². The third kappa shape index (κ3) is 4.31. The van der Waals surface area contributed by atoms with Crippen LogP contribution in [-0.4, -0.2) is 16.2 Å². The second-order valence-electron chi connectivity index (χ2n) is 5.77. The Balaban J connectivity index is 2.09. The summed E-state index contributed by atoms with van der Waals surface area (Å²) >= 11 is 0. The van der Waals surface area contributed by atoms with Crippen LogP contribution in [0.5, 0.6) is 0 Å². The molecule has 0 aliphatic carbocycles. The number of hydrogen-bond acceptors (Lipinski definition) is 4. The zero-order chi connectivity index (χ0) is 15.2. The molecule has 0 spiro atoms. The Bertz CT molecular complexity index is 545. The Morgan fingerprint density at radius 1 is 1.19 bits per heavy atom. The molecule has 0 saturated carbocycles. The van der Waals surface area contributed by atoms with Crippen molar-refractivity contribution in [3.05, 3.63) is 41.5 Å². The van der Waals surface area contributed by atoms with Crippen molar-refractivity contribution in [3.8, 4) is 0 Å². The predicted octanol–water partition coefficient (Wildman–Crippen LogP) is 4.14. The maximum absolute atomic E-state index is 5.38. The quantitative estimate of drug-likeness (QED) is 0.767. The monoisotopic (exact) mass is 287 g/mol. The zero-order valence-corrected chi connectivity index (χ0v) is 13.5. The molecule has 114 valence electrons. The van der Waals surface area contributed by atoms with Gasteiger partial charge in [-0.1, -0.05) is 36.2 Å². The van der Waals surface area contributed by atoms with Gasteiger partial charge in [0, 0.05) is 18.2 Å². The average molecular weight is 287 g/mol. The largest absolute Gasteiger partial charge is 0.360 e. The third-order valence-electron chi connectivity index (χ3n) is 3.56. The first-order valence-electron chi connectivity index (χ1n) is 7.75. The maximum Gasteiger partial charge on any atom is 0.246 e. The smallest absolute Gasteiger partial charge is 0.246 e. The van der Waals surface area contributed by atoms with E-state index in [0.717, 1.165) is 25.1 Å². The van der Waals surface area contributed by atoms with Gasteiger partial charge in [-0.15, -0.1) is 0 Å². The van der Waals surface area contributed by atoms with Crippen LogP contribution in [0.4, 0.5) is 5.69 Å². The molecule has 1 heterocycles. The van der Waals surface area contributed by atoms with Gasteiger partial charge in [0.2, 0.25) is 5.89 Å². The van der Waals surface area contributed by atoms with Crippen LogP contribution in [0.15, 0.2) is 28.8 Å². The Morgan fingerprint density at radius 2 is 1.90 bits per heavy atom. The molecule has 0 fully saturated rings. The fourth-order valence-corrected chi connectivity index (χ4v) is 2.24. The summed E-state index contributed by atoms with van der Waals surface area (Å²) in [6, 6.07) is 8.92. The van der Waals surface area contributed by atoms with Gasteiger partial charge in [-0.05, 0) is 39.3 Å². The molecule has 0 unspecified atom stereocenters. The lowest BCUT2D eigenvalue weighted by molar-refractivity contribution is 0.367. The Hall–Kier alpha value is -1.84. The van der Waals surface area contributed by atoms with Crippen LogP contribution in [0, 0.1) is 6.92 Å². The minimum atomic E-state index is 0.374. The summed E-state index contributed by atoms with van der Waals surface area (Å²) < 4.78 is 5.38. The maximum atomic E-state index is 5.38. The fourth-order valence-electron chi connectivity index (χ4n) is 2.24. The van der Waals surface area contributed by atoms with Gasteiger partial charge in [-0.2, -0.15) is 4.98 Å². The topological polar surface area (TPSA) is 42.2 Å². The molecule has 0 aliphatic rings. The van der Waals surface area contributed by atoms with E-state index in [9.17, 15) is 0 Å². The van der Waals surface area contributed by atoms with E-state index in [1.54, 1.807) is 0 Å². The molecule has 4 heteroatoms. The number of unbranched alkanes of at least 4 members (excludes halogenated alkanes) is 1. The summed E-state index contributed by atoms with van der Waals surface area (Å²) in [5, 5.41) is 4.06. The predicted molar refractivity (Wildman–Crippen MR) is 85.4 cm³/mol. The van der Waals surface area contributed by atoms with Crippen LogP contribution in [0.1, 0.15) is 50.9 Å². The van der Waals surface area contributed by atoms with Gasteiger partial charge >= 0.3 is 0 Å². The van der Waals surface area contributed by atoms with Crippen molar-refractivity contribution in [2.45, 2.75) is 59.5 Å². The van der Waals surface area contributed by atoms with Crippen molar-refractivity contribution in [1.29, 1.82) is 0 Å². The Morgan fingerprint density at radius 3 is 2.52 bits per heavy atom. The number of anilines is 1. The first-order valence-corrected chi connectivity index (χ1v) is 7.75. The van der Waals surface area contributed by atoms with Gasteiger partial charge in [-0.25, -0.2) is 0 Å². The van der Waals surface area contributed by atoms with E-state index in [0.29, 0.717) is 18.5 Å². The number of rotatable bonds is 7. The van der Waals surface area contributed by atoms with Crippen LogP contribution >= 0.6 is 0 Å². The number of benzene rings is 1. The number of aryl methyl sites for hydroxylation is 2. The van der Waals surface area contributed by atoms with Crippen LogP contribution in [0.25, 0.3) is 0 Å². The van der Waals surface area contributed by atoms with E-state index in [2.05, 4.69) is 67.0 Å². The summed E-state index contributed by atoms with van der Waals surface area (Å²) in [4.78, 5) is 6.77. The highest BCUT2D eigenvalue weighted by Gasteiger charge is 2.15. The van der Waals surface area contributed by atoms with Crippen molar-refractivity contribution in [1.82, 2.24) is 10.1 Å². The van der Waals surface area contributed by atoms with E-state index in [1.807, 2.05) is 0 Å². The molecule has 0 aliphatic heterocycles. The van der Waals surface area contributed by atoms with Crippen molar-refractivity contribution < 1.29 is 4.52 Å². The Labute approximate surface area is 127 Å².